The first-order valence-electron chi connectivity index (χ1n) is 10.0. The molecule has 1 N–H and O–H groups in total. The van der Waals surface area contributed by atoms with E-state index in [2.05, 4.69) is 42.8 Å². The fourth-order valence-electron chi connectivity index (χ4n) is 3.81. The van der Waals surface area contributed by atoms with Gasteiger partial charge in [-0.1, -0.05) is 25.1 Å². The first kappa shape index (κ1) is 21.8. The zero-order valence-electron chi connectivity index (χ0n) is 18.1. The quantitative estimate of drug-likeness (QED) is 0.595. The molecule has 2 aromatic carbocycles. The fourth-order valence-corrected chi connectivity index (χ4v) is 4.44. The molecule has 1 amide bonds. The third-order valence-corrected chi connectivity index (χ3v) is 6.43. The Morgan fingerprint density at radius 1 is 1.00 bits per heavy atom. The predicted octanol–water partition coefficient (Wildman–Crippen LogP) is 5.15. The van der Waals surface area contributed by atoms with Gasteiger partial charge in [-0.3, -0.25) is 4.79 Å². The van der Waals surface area contributed by atoms with Gasteiger partial charge < -0.3 is 9.88 Å². The maximum Gasteiger partial charge on any atom is 0.257 e. The lowest BCUT2D eigenvalue weighted by molar-refractivity contribution is 0.102. The van der Waals surface area contributed by atoms with Crippen molar-refractivity contribution in [3.63, 3.8) is 0 Å². The molecule has 0 aliphatic heterocycles. The van der Waals surface area contributed by atoms with Crippen LogP contribution in [0, 0.1) is 20.8 Å². The largest absolute Gasteiger partial charge is 0.346 e. The van der Waals surface area contributed by atoms with Crippen LogP contribution in [0.4, 0.5) is 5.69 Å². The van der Waals surface area contributed by atoms with Gasteiger partial charge in [0.25, 0.3) is 5.91 Å². The molecule has 1 heterocycles. The monoisotopic (exact) mass is 424 g/mol. The third-order valence-electron chi connectivity index (χ3n) is 5.30. The van der Waals surface area contributed by atoms with Crippen LogP contribution >= 0.6 is 0 Å². The molecule has 0 saturated carbocycles. The SMILES string of the molecule is CCCn1cc(C(=O)Nc2ccc(S(C)(=O)=O)cc2)c(C)c1-c1c(C)cccc1C. The van der Waals surface area contributed by atoms with Crippen molar-refractivity contribution in [1.82, 2.24) is 4.57 Å². The summed E-state index contributed by atoms with van der Waals surface area (Å²) in [6.45, 7) is 9.10. The van der Waals surface area contributed by atoms with Crippen molar-refractivity contribution in [3.05, 3.63) is 70.9 Å². The summed E-state index contributed by atoms with van der Waals surface area (Å²) in [5.74, 6) is -0.207. The number of hydrogen-bond acceptors (Lipinski definition) is 3. The number of nitrogens with one attached hydrogen (secondary N) is 1. The standard InChI is InChI=1S/C24H28N2O3S/c1-6-14-26-15-21(18(4)23(26)22-16(2)8-7-9-17(22)3)24(27)25-19-10-12-20(13-11-19)30(5,28)29/h7-13,15H,6,14H2,1-5H3,(H,25,27). The van der Waals surface area contributed by atoms with Crippen molar-refractivity contribution >= 4 is 21.4 Å². The summed E-state index contributed by atoms with van der Waals surface area (Å²) in [6.07, 6.45) is 4.04. The van der Waals surface area contributed by atoms with Gasteiger partial charge in [0.05, 0.1) is 16.2 Å². The second kappa shape index (κ2) is 8.48. The van der Waals surface area contributed by atoms with E-state index in [1.54, 1.807) is 12.1 Å². The number of carbonyl (C=O) groups excluding carboxylic acids is 1. The highest BCUT2D eigenvalue weighted by Crippen LogP contribution is 2.33. The van der Waals surface area contributed by atoms with Crippen LogP contribution in [-0.2, 0) is 16.4 Å². The van der Waals surface area contributed by atoms with Crippen molar-refractivity contribution in [2.45, 2.75) is 45.6 Å². The molecule has 3 rings (SSSR count). The average molecular weight is 425 g/mol. The van der Waals surface area contributed by atoms with Crippen LogP contribution in [0.15, 0.2) is 53.6 Å². The Bertz CT molecular complexity index is 1170. The summed E-state index contributed by atoms with van der Waals surface area (Å²) in [7, 11) is -3.27. The van der Waals surface area contributed by atoms with E-state index in [-0.39, 0.29) is 10.8 Å². The molecular weight excluding hydrogens is 396 g/mol. The molecule has 0 aliphatic rings. The molecule has 0 fully saturated rings. The molecular formula is C24H28N2O3S. The van der Waals surface area contributed by atoms with Crippen LogP contribution in [0.25, 0.3) is 11.3 Å². The lowest BCUT2D eigenvalue weighted by Gasteiger charge is -2.14. The van der Waals surface area contributed by atoms with Crippen molar-refractivity contribution < 1.29 is 13.2 Å². The fraction of sp³-hybridized carbons (Fsp3) is 0.292. The number of carbonyl (C=O) groups is 1. The Balaban J connectivity index is 1.99. The van der Waals surface area contributed by atoms with E-state index in [9.17, 15) is 13.2 Å². The summed E-state index contributed by atoms with van der Waals surface area (Å²) in [6, 6.07) is 12.5. The molecule has 0 saturated heterocycles. The van der Waals surface area contributed by atoms with E-state index in [0.717, 1.165) is 30.5 Å². The molecule has 6 heteroatoms. The number of rotatable bonds is 6. The van der Waals surface area contributed by atoms with Gasteiger partial charge in [-0.25, -0.2) is 8.42 Å². The first-order valence-corrected chi connectivity index (χ1v) is 11.9. The highest BCUT2D eigenvalue weighted by Gasteiger charge is 2.21. The minimum absolute atomic E-state index is 0.207. The Kier molecular flexibility index (Phi) is 6.17. The molecule has 30 heavy (non-hydrogen) atoms. The van der Waals surface area contributed by atoms with Crippen LogP contribution in [0.1, 0.15) is 40.4 Å². The van der Waals surface area contributed by atoms with E-state index in [0.29, 0.717) is 11.3 Å². The van der Waals surface area contributed by atoms with Gasteiger partial charge in [-0.05, 0) is 68.1 Å². The number of aryl methyl sites for hydroxylation is 3. The van der Waals surface area contributed by atoms with Crippen LogP contribution < -0.4 is 5.32 Å². The van der Waals surface area contributed by atoms with Gasteiger partial charge in [0.2, 0.25) is 0 Å². The summed E-state index contributed by atoms with van der Waals surface area (Å²) >= 11 is 0. The molecule has 158 valence electrons. The Morgan fingerprint density at radius 3 is 2.13 bits per heavy atom. The normalized spacial score (nSPS) is 11.5. The van der Waals surface area contributed by atoms with Gasteiger partial charge in [0, 0.05) is 30.2 Å². The molecule has 0 radical (unpaired) electrons. The number of amides is 1. The zero-order valence-corrected chi connectivity index (χ0v) is 18.9. The molecule has 0 atom stereocenters. The highest BCUT2D eigenvalue weighted by molar-refractivity contribution is 7.90. The topological polar surface area (TPSA) is 68.2 Å². The molecule has 5 nitrogen and oxygen atoms in total. The van der Waals surface area contributed by atoms with Gasteiger partial charge in [-0.2, -0.15) is 0 Å². The maximum atomic E-state index is 13.0. The third kappa shape index (κ3) is 4.33. The van der Waals surface area contributed by atoms with Crippen molar-refractivity contribution in [2.24, 2.45) is 0 Å². The summed E-state index contributed by atoms with van der Waals surface area (Å²) in [4.78, 5) is 13.3. The summed E-state index contributed by atoms with van der Waals surface area (Å²) < 4.78 is 25.4. The van der Waals surface area contributed by atoms with Gasteiger partial charge in [-0.15, -0.1) is 0 Å². The summed E-state index contributed by atoms with van der Waals surface area (Å²) in [5, 5.41) is 2.89. The van der Waals surface area contributed by atoms with Gasteiger partial charge in [0.1, 0.15) is 0 Å². The van der Waals surface area contributed by atoms with E-state index in [1.165, 1.54) is 28.8 Å². The summed E-state index contributed by atoms with van der Waals surface area (Å²) in [5.41, 5.74) is 6.71. The molecule has 0 bridgehead atoms. The van der Waals surface area contributed by atoms with Gasteiger partial charge >= 0.3 is 0 Å². The predicted molar refractivity (Wildman–Crippen MR) is 122 cm³/mol. The number of sulfone groups is 1. The number of anilines is 1. The second-order valence-corrected chi connectivity index (χ2v) is 9.74. The van der Waals surface area contributed by atoms with Crippen LogP contribution in [0.3, 0.4) is 0 Å². The molecule has 3 aromatic rings. The second-order valence-electron chi connectivity index (χ2n) is 7.73. The van der Waals surface area contributed by atoms with E-state index in [1.807, 2.05) is 19.2 Å². The lowest BCUT2D eigenvalue weighted by Crippen LogP contribution is -2.12. The molecule has 0 aliphatic carbocycles. The maximum absolute atomic E-state index is 13.0. The molecule has 0 unspecified atom stereocenters. The first-order chi connectivity index (χ1) is 14.1. The smallest absolute Gasteiger partial charge is 0.257 e. The van der Waals surface area contributed by atoms with Gasteiger partial charge in [0.15, 0.2) is 9.84 Å². The molecule has 1 aromatic heterocycles. The van der Waals surface area contributed by atoms with E-state index >= 15 is 0 Å². The molecule has 0 spiro atoms. The Morgan fingerprint density at radius 2 is 1.60 bits per heavy atom. The lowest BCUT2D eigenvalue weighted by atomic mass is 9.96. The van der Waals surface area contributed by atoms with Crippen LogP contribution in [0.5, 0.6) is 0 Å². The highest BCUT2D eigenvalue weighted by atomic mass is 32.2. The average Bonchev–Trinajstić information content (AvgIpc) is 2.98. The zero-order chi connectivity index (χ0) is 22.1. The van der Waals surface area contributed by atoms with E-state index < -0.39 is 9.84 Å². The number of hydrogen-bond donors (Lipinski definition) is 1. The number of benzene rings is 2. The van der Waals surface area contributed by atoms with Crippen molar-refractivity contribution in [3.8, 4) is 11.3 Å². The minimum atomic E-state index is -3.27. The van der Waals surface area contributed by atoms with Crippen molar-refractivity contribution in [1.29, 1.82) is 0 Å². The van der Waals surface area contributed by atoms with E-state index in [4.69, 9.17) is 0 Å². The Hall–Kier alpha value is -2.86. The number of nitrogens with zero attached hydrogens (tertiary/aromatic N) is 1. The van der Waals surface area contributed by atoms with Crippen LogP contribution in [-0.4, -0.2) is 25.1 Å². The number of aromatic nitrogens is 1. The van der Waals surface area contributed by atoms with Crippen LogP contribution in [0.2, 0.25) is 0 Å². The minimum Gasteiger partial charge on any atom is -0.346 e. The Labute approximate surface area is 178 Å². The van der Waals surface area contributed by atoms with Crippen molar-refractivity contribution in [2.75, 3.05) is 11.6 Å².